The number of hydrogen-bond acceptors (Lipinski definition) is 7. The molecular weight excluding hydrogens is 381 g/mol. The molecule has 0 aromatic rings. The SMILES string of the molecule is C[N+](C)(C)CCO.C[N+](C)(C)CCO.C[N+](C)(C)CCO.[O-]P([O-])([O-])=S. The van der Waals surface area contributed by atoms with Gasteiger partial charge in [0.1, 0.15) is 19.6 Å². The van der Waals surface area contributed by atoms with Crippen molar-refractivity contribution in [3.63, 3.8) is 0 Å². The van der Waals surface area contributed by atoms with Gasteiger partial charge in [0.2, 0.25) is 0 Å². The summed E-state index contributed by atoms with van der Waals surface area (Å²) in [5.74, 6) is 0. The van der Waals surface area contributed by atoms with Crippen LogP contribution in [0.1, 0.15) is 0 Å². The van der Waals surface area contributed by atoms with Gasteiger partial charge in [-0.05, 0) is 0 Å². The van der Waals surface area contributed by atoms with E-state index in [2.05, 4.69) is 75.2 Å². The van der Waals surface area contributed by atoms with Crippen LogP contribution in [-0.2, 0) is 11.8 Å². The van der Waals surface area contributed by atoms with Gasteiger partial charge in [-0.1, -0.05) is 0 Å². The lowest BCUT2D eigenvalue weighted by Gasteiger charge is -2.43. The van der Waals surface area contributed by atoms with Crippen LogP contribution in [0.3, 0.4) is 0 Å². The predicted octanol–water partition coefficient (Wildman–Crippen LogP) is -3.65. The molecule has 26 heavy (non-hydrogen) atoms. The van der Waals surface area contributed by atoms with Crippen LogP contribution in [0, 0.1) is 0 Å². The van der Waals surface area contributed by atoms with E-state index in [1.54, 1.807) is 0 Å². The topological polar surface area (TPSA) is 130 Å². The largest absolute Gasteiger partial charge is 0.844 e. The Bertz CT molecular complexity index is 302. The van der Waals surface area contributed by atoms with Crippen molar-refractivity contribution < 1.29 is 43.4 Å². The third-order valence-electron chi connectivity index (χ3n) is 2.31. The van der Waals surface area contributed by atoms with Gasteiger partial charge in [-0.3, -0.25) is 0 Å². The number of likely N-dealkylation sites (N-methyl/N-ethyl adjacent to an activating group) is 3. The number of aliphatic hydroxyl groups excluding tert-OH is 3. The molecule has 3 N–H and O–H groups in total. The molecule has 0 heterocycles. The Morgan fingerprint density at radius 2 is 0.692 bits per heavy atom. The second-order valence-electron chi connectivity index (χ2n) is 8.66. The van der Waals surface area contributed by atoms with Gasteiger partial charge in [-0.15, -0.1) is 0 Å². The lowest BCUT2D eigenvalue weighted by atomic mass is 10.5. The third-order valence-corrected chi connectivity index (χ3v) is 2.31. The van der Waals surface area contributed by atoms with Crippen LogP contribution in [0.5, 0.6) is 0 Å². The molecule has 0 aromatic heterocycles. The number of hydrogen-bond donors (Lipinski definition) is 3. The maximum atomic E-state index is 8.92. The summed E-state index contributed by atoms with van der Waals surface area (Å²) in [7, 11) is 18.5. The van der Waals surface area contributed by atoms with Crippen LogP contribution < -0.4 is 14.7 Å². The van der Waals surface area contributed by atoms with Gasteiger partial charge in [0.05, 0.1) is 83.2 Å². The van der Waals surface area contributed by atoms with Gasteiger partial charge < -0.3 is 50.2 Å². The van der Waals surface area contributed by atoms with E-state index in [0.717, 1.165) is 33.1 Å². The fourth-order valence-electron chi connectivity index (χ4n) is 0.900. The van der Waals surface area contributed by atoms with E-state index < -0.39 is 6.72 Å². The molecule has 11 heteroatoms. The van der Waals surface area contributed by atoms with Crippen molar-refractivity contribution in [3.05, 3.63) is 0 Å². The zero-order valence-corrected chi connectivity index (χ0v) is 19.7. The average Bonchev–Trinajstić information content (AvgIpc) is 2.22. The molecule has 0 atom stereocenters. The van der Waals surface area contributed by atoms with E-state index in [-0.39, 0.29) is 19.8 Å². The quantitative estimate of drug-likeness (QED) is 0.297. The standard InChI is InChI=1S/3C5H14NO.H3O3PS/c3*1-6(2,3)4-5-7;1-4(2,3)5/h3*7H,4-5H2,1-3H3;(H3,1,2,3,5)/q3*+1;/p-3. The second kappa shape index (κ2) is 16.3. The highest BCUT2D eigenvalue weighted by atomic mass is 32.5. The van der Waals surface area contributed by atoms with E-state index in [1.165, 1.54) is 0 Å². The van der Waals surface area contributed by atoms with Crippen molar-refractivity contribution in [1.29, 1.82) is 0 Å². The number of quaternary nitrogens is 3. The first-order valence-electron chi connectivity index (χ1n) is 8.15. The maximum Gasteiger partial charge on any atom is 0.101 e. The Labute approximate surface area is 165 Å². The first-order chi connectivity index (χ1) is 11.2. The zero-order valence-electron chi connectivity index (χ0n) is 18.0. The Balaban J connectivity index is -0.000000125. The molecule has 164 valence electrons. The molecule has 0 fully saturated rings. The highest BCUT2D eigenvalue weighted by Gasteiger charge is 2.03. The van der Waals surface area contributed by atoms with Gasteiger partial charge in [0, 0.05) is 0 Å². The summed E-state index contributed by atoms with van der Waals surface area (Å²) in [6.45, 7) is -1.21. The highest BCUT2D eigenvalue weighted by Crippen LogP contribution is 2.04. The summed E-state index contributed by atoms with van der Waals surface area (Å²) in [5.41, 5.74) is 0. The van der Waals surface area contributed by atoms with Crippen molar-refractivity contribution in [2.75, 3.05) is 103 Å². The monoisotopic (exact) mass is 423 g/mol. The molecule has 0 unspecified atom stereocenters. The van der Waals surface area contributed by atoms with Gasteiger partial charge in [0.15, 0.2) is 0 Å². The number of rotatable bonds is 6. The molecule has 0 saturated carbocycles. The first-order valence-corrected chi connectivity index (χ1v) is 10.7. The van der Waals surface area contributed by atoms with Crippen molar-refractivity contribution in [1.82, 2.24) is 0 Å². The first kappa shape index (κ1) is 33.8. The molecule has 9 nitrogen and oxygen atoms in total. The molecule has 0 aliphatic rings. The molecule has 0 saturated heterocycles. The van der Waals surface area contributed by atoms with Crippen molar-refractivity contribution in [3.8, 4) is 0 Å². The van der Waals surface area contributed by atoms with Crippen LogP contribution in [0.4, 0.5) is 0 Å². The van der Waals surface area contributed by atoms with E-state index in [1.807, 2.05) is 0 Å². The van der Waals surface area contributed by atoms with Crippen molar-refractivity contribution >= 4 is 18.5 Å². The molecule has 0 aliphatic heterocycles. The third kappa shape index (κ3) is 87.2. The van der Waals surface area contributed by atoms with E-state index in [4.69, 9.17) is 30.0 Å². The Hall–Kier alpha value is 0.290. The fraction of sp³-hybridized carbons (Fsp3) is 1.00. The normalized spacial score (nSPS) is 12.0. The Morgan fingerprint density at radius 1 is 0.577 bits per heavy atom. The van der Waals surface area contributed by atoms with Gasteiger partial charge in [-0.25, -0.2) is 0 Å². The molecule has 0 bridgehead atoms. The van der Waals surface area contributed by atoms with E-state index in [9.17, 15) is 0 Å². The minimum Gasteiger partial charge on any atom is -0.844 e. The summed E-state index contributed by atoms with van der Waals surface area (Å²) in [5, 5.41) is 25.2. The predicted molar refractivity (Wildman–Crippen MR) is 104 cm³/mol. The van der Waals surface area contributed by atoms with Crippen molar-refractivity contribution in [2.45, 2.75) is 0 Å². The fourth-order valence-corrected chi connectivity index (χ4v) is 0.900. The molecule has 0 amide bonds. The molecule has 0 aromatic carbocycles. The highest BCUT2D eigenvalue weighted by molar-refractivity contribution is 8.04. The maximum absolute atomic E-state index is 8.92. The molecule has 0 aliphatic carbocycles. The molecule has 0 radical (unpaired) electrons. The molecule has 0 spiro atoms. The Kier molecular flexibility index (Phi) is 21.2. The van der Waals surface area contributed by atoms with E-state index in [0.29, 0.717) is 0 Å². The smallest absolute Gasteiger partial charge is 0.101 e. The number of nitrogens with zero attached hydrogens (tertiary/aromatic N) is 3. The van der Waals surface area contributed by atoms with Gasteiger partial charge in [0.25, 0.3) is 0 Å². The summed E-state index contributed by atoms with van der Waals surface area (Å²) >= 11 is 3.27. The van der Waals surface area contributed by atoms with Crippen LogP contribution in [-0.4, -0.2) is 132 Å². The molecule has 0 rings (SSSR count). The summed E-state index contributed by atoms with van der Waals surface area (Å²) < 4.78 is 2.53. The minimum atomic E-state index is -4.56. The summed E-state index contributed by atoms with van der Waals surface area (Å²) in [6.07, 6.45) is 0. The molecular formula is C15H42N3O6PS. The lowest BCUT2D eigenvalue weighted by molar-refractivity contribution is -0.870. The zero-order chi connectivity index (χ0) is 22.2. The Morgan fingerprint density at radius 3 is 0.692 bits per heavy atom. The second-order valence-corrected chi connectivity index (χ2v) is 10.9. The lowest BCUT2D eigenvalue weighted by Crippen LogP contribution is -2.36. The van der Waals surface area contributed by atoms with Crippen LogP contribution in [0.25, 0.3) is 0 Å². The van der Waals surface area contributed by atoms with E-state index >= 15 is 0 Å². The summed E-state index contributed by atoms with van der Waals surface area (Å²) in [6, 6.07) is 0. The van der Waals surface area contributed by atoms with Crippen LogP contribution in [0.15, 0.2) is 0 Å². The number of aliphatic hydroxyl groups is 3. The van der Waals surface area contributed by atoms with Crippen LogP contribution in [0.2, 0.25) is 0 Å². The van der Waals surface area contributed by atoms with Gasteiger partial charge >= 0.3 is 0 Å². The van der Waals surface area contributed by atoms with Gasteiger partial charge in [-0.2, -0.15) is 11.8 Å². The summed E-state index contributed by atoms with van der Waals surface area (Å²) in [4.78, 5) is 26.8. The van der Waals surface area contributed by atoms with Crippen molar-refractivity contribution in [2.24, 2.45) is 0 Å². The average molecular weight is 424 g/mol. The van der Waals surface area contributed by atoms with Crippen LogP contribution >= 0.6 is 6.72 Å². The minimum absolute atomic E-state index is 0.281.